The van der Waals surface area contributed by atoms with Crippen molar-refractivity contribution < 1.29 is 207 Å². The summed E-state index contributed by atoms with van der Waals surface area (Å²) < 4.78 is 94.8. The minimum Gasteiger partial charge on any atom is -0.410 e. The molecule has 0 spiro atoms. The summed E-state index contributed by atoms with van der Waals surface area (Å²) in [6.45, 7) is -1.49. The molecule has 9 aliphatic rings. The third-order valence-corrected chi connectivity index (χ3v) is 20.9. The van der Waals surface area contributed by atoms with E-state index >= 15 is 0 Å². The van der Waals surface area contributed by atoms with Gasteiger partial charge in [0.2, 0.25) is 17.7 Å². The molecule has 9 fully saturated rings. The zero-order valence-corrected chi connectivity index (χ0v) is 58.5. The lowest BCUT2D eigenvalue weighted by Crippen LogP contribution is -2.74. The summed E-state index contributed by atoms with van der Waals surface area (Å²) in [7, 11) is 0. The van der Waals surface area contributed by atoms with Crippen molar-refractivity contribution in [2.75, 3.05) is 52.9 Å². The molecule has 16 unspecified atom stereocenters. The zero-order valence-electron chi connectivity index (χ0n) is 58.5. The number of ether oxygens (including phenoxy) is 16. The van der Waals surface area contributed by atoms with E-state index in [0.29, 0.717) is 0 Å². The lowest BCUT2D eigenvalue weighted by atomic mass is 9.68. The fourth-order valence-electron chi connectivity index (χ4n) is 15.0. The van der Waals surface area contributed by atoms with Gasteiger partial charge in [-0.25, -0.2) is 0 Å². The quantitative estimate of drug-likeness (QED) is 0.0235. The first-order valence-electron chi connectivity index (χ1n) is 34.9. The van der Waals surface area contributed by atoms with Gasteiger partial charge in [-0.3, -0.25) is 19.2 Å². The first kappa shape index (κ1) is 87.4. The molecule has 618 valence electrons. The second kappa shape index (κ2) is 37.1. The van der Waals surface area contributed by atoms with E-state index in [-0.39, 0.29) is 6.47 Å². The van der Waals surface area contributed by atoms with Gasteiger partial charge in [0.25, 0.3) is 6.47 Å². The van der Waals surface area contributed by atoms with Crippen molar-refractivity contribution in [3.63, 3.8) is 0 Å². The van der Waals surface area contributed by atoms with Crippen LogP contribution in [0, 0.1) is 17.8 Å². The van der Waals surface area contributed by atoms with E-state index in [1.807, 2.05) is 0 Å². The number of carbonyl (C=O) groups excluding carboxylic acids is 4. The van der Waals surface area contributed by atoms with Crippen molar-refractivity contribution in [1.29, 1.82) is 0 Å². The van der Waals surface area contributed by atoms with Crippen molar-refractivity contribution in [2.24, 2.45) is 17.8 Å². The average Bonchev–Trinajstić information content (AvgIpc) is 0.708. The highest BCUT2D eigenvalue weighted by Crippen LogP contribution is 2.51. The molecule has 107 heavy (non-hydrogen) atoms. The molecule has 0 aromatic carbocycles. The van der Waals surface area contributed by atoms with Crippen LogP contribution in [0.25, 0.3) is 0 Å². The predicted octanol–water partition coefficient (Wildman–Crippen LogP) is -15.4. The van der Waals surface area contributed by atoms with Crippen LogP contribution in [0.5, 0.6) is 0 Å². The Morgan fingerprint density at radius 1 is 0.486 bits per heavy atom. The highest BCUT2D eigenvalue weighted by Gasteiger charge is 2.67. The molecule has 1 aliphatic carbocycles. The van der Waals surface area contributed by atoms with Gasteiger partial charge in [0.15, 0.2) is 43.5 Å². The van der Waals surface area contributed by atoms with Crippen LogP contribution in [0.1, 0.15) is 53.9 Å². The molecule has 25 N–H and O–H groups in total. The lowest BCUT2D eigenvalue weighted by molar-refractivity contribution is -0.470. The number of nitrogens with one attached hydrogen (secondary N) is 3. The molecular weight excluding hydrogens is 1460 g/mol. The summed E-state index contributed by atoms with van der Waals surface area (Å²) in [6, 6.07) is -4.57. The second-order valence-corrected chi connectivity index (χ2v) is 28.2. The van der Waals surface area contributed by atoms with Crippen molar-refractivity contribution in [3.05, 3.63) is 0 Å². The third kappa shape index (κ3) is 18.9. The van der Waals surface area contributed by atoms with Gasteiger partial charge in [-0.15, -0.1) is 0 Å². The number of fused-ring (bicyclic) bond motifs is 1. The zero-order chi connectivity index (χ0) is 78.7. The molecule has 0 aromatic rings. The van der Waals surface area contributed by atoms with Crippen LogP contribution in [-0.4, -0.2) is 428 Å². The Bertz CT molecular complexity index is 2850. The molecule has 1 saturated carbocycles. The van der Waals surface area contributed by atoms with Crippen molar-refractivity contribution in [1.82, 2.24) is 16.0 Å². The molecule has 45 nitrogen and oxygen atoms in total. The molecule has 8 saturated heterocycles. The number of hydrogen-bond acceptors (Lipinski definition) is 42. The van der Waals surface area contributed by atoms with E-state index in [4.69, 9.17) is 75.8 Å². The summed E-state index contributed by atoms with van der Waals surface area (Å²) in [5, 5.41) is 251. The Hall–Kier alpha value is -3.60. The number of aliphatic hydroxyl groups excluding tert-OH is 20. The monoisotopic (exact) mass is 1560 g/mol. The standard InChI is InChI=1S/C62H103N3O42/c1-18-24(76)8-62(94-17-72,106-49(18)38(79)25(77)10-66)107-53-33-26(9-61(33,90)91)96-59(47(53)88)103-51-30(14-70)99-56(35(43(51)84)64-21(4)74)92-7-6-23-37(78)39(80)27(11-67)97-55(23)93-16-32-41(82)54(105-58-46(87)45(86)40(81)28(12-68)98-58)48(89)60(101-32)104-52-31(15-71)100-57(36(44(52)85)65-22(5)75)102-50-29(13-69)95-19(2)34(42(50)83)63-20(3)73/h17-19,23-60,66-71,76-91H,6-16H2,1-5H3,(H,63,73)(H,64,74)(H,65,75)/t18-,19+,23?,24-,25-,26?,27?,28?,29?,30+,31?,32?,33+,34?,35?,36?,37-,38-,39-,40-,41-,42-,43?,44-,45?,46?,47?,48?,49?,50-,51-,52-,53+,54+,55+,56-,57+,58-,59+,60+,62+/m1/s1. The SMILES string of the molecule is CC(=O)NC1C(O)[C@H](O[C@@H]2OC3CC(O)(O)[C@@H]3[C@H](O[C@]3(OC=O)C[C@@H](O)[C@@H](C)C([C@H](O)[C@H](O)CO)O3)C2O)[C@H](CO)O[C@H]1OCCC1[C@@H](OCC2O[C@@H](O[C@@H]3C(CO)O[C@@H](O[C@@H]4C(CO)O[C@@H](C)C(NC(C)=O)[C@H]4O)C(NC(C)=O)[C@H]3O)C(O)[C@@H](O[C@H]3OC(CO)[C@@H](O)C(O)C3O)[C@@H]2O)OC(CO)[C@@H](O)[C@@H]1O. The average molecular weight is 1560 g/mol. The minimum absolute atomic E-state index is 0.188. The van der Waals surface area contributed by atoms with Crippen LogP contribution >= 0.6 is 0 Å². The van der Waals surface area contributed by atoms with Crippen LogP contribution in [0.15, 0.2) is 0 Å². The molecule has 0 radical (unpaired) electrons. The molecule has 0 bridgehead atoms. The summed E-state index contributed by atoms with van der Waals surface area (Å²) in [5.74, 6) is -11.8. The molecule has 8 heterocycles. The smallest absolute Gasteiger partial charge is 0.332 e. The topological polar surface area (TPSA) is 697 Å². The number of hydrogen-bond donors (Lipinski definition) is 25. The van der Waals surface area contributed by atoms with Gasteiger partial charge < -0.3 is 204 Å². The fourth-order valence-corrected chi connectivity index (χ4v) is 15.0. The van der Waals surface area contributed by atoms with E-state index in [0.717, 1.165) is 20.8 Å². The van der Waals surface area contributed by atoms with Gasteiger partial charge in [0.1, 0.15) is 152 Å². The maximum atomic E-state index is 12.9. The molecule has 9 rings (SSSR count). The van der Waals surface area contributed by atoms with E-state index < -0.39 is 346 Å². The Morgan fingerprint density at radius 2 is 0.944 bits per heavy atom. The fraction of sp³-hybridized carbons (Fsp3) is 0.935. The van der Waals surface area contributed by atoms with Crippen LogP contribution in [0.4, 0.5) is 0 Å². The third-order valence-electron chi connectivity index (χ3n) is 20.9. The van der Waals surface area contributed by atoms with E-state index in [1.165, 1.54) is 13.8 Å². The summed E-state index contributed by atoms with van der Waals surface area (Å²) in [6.07, 6.45) is -64.6. The van der Waals surface area contributed by atoms with Crippen LogP contribution in [-0.2, 0) is 95.0 Å². The van der Waals surface area contributed by atoms with Crippen LogP contribution < -0.4 is 16.0 Å². The normalized spacial score (nSPS) is 47.8. The predicted molar refractivity (Wildman–Crippen MR) is 334 cm³/mol. The van der Waals surface area contributed by atoms with Crippen LogP contribution in [0.3, 0.4) is 0 Å². The molecule has 0 aromatic heterocycles. The first-order valence-corrected chi connectivity index (χ1v) is 34.9. The van der Waals surface area contributed by atoms with E-state index in [9.17, 15) is 132 Å². The maximum Gasteiger partial charge on any atom is 0.332 e. The van der Waals surface area contributed by atoms with E-state index in [2.05, 4.69) is 16.0 Å². The number of rotatable bonds is 30. The number of amides is 3. The van der Waals surface area contributed by atoms with Crippen LogP contribution in [0.2, 0.25) is 0 Å². The molecular formula is C62H103N3O42. The summed E-state index contributed by atoms with van der Waals surface area (Å²) in [5.41, 5.74) is 0. The Labute approximate surface area is 609 Å². The molecule has 3 amide bonds. The van der Waals surface area contributed by atoms with Crippen molar-refractivity contribution in [2.45, 2.75) is 292 Å². The van der Waals surface area contributed by atoms with Crippen molar-refractivity contribution in [3.8, 4) is 0 Å². The van der Waals surface area contributed by atoms with Crippen molar-refractivity contribution >= 4 is 24.2 Å². The Kier molecular flexibility index (Phi) is 30.3. The second-order valence-electron chi connectivity index (χ2n) is 28.2. The molecule has 41 atom stereocenters. The first-order chi connectivity index (χ1) is 50.5. The largest absolute Gasteiger partial charge is 0.410 e. The highest BCUT2D eigenvalue weighted by atomic mass is 16.9. The molecule has 45 heteroatoms. The Balaban J connectivity index is 0.925. The Morgan fingerprint density at radius 3 is 1.49 bits per heavy atom. The van der Waals surface area contributed by atoms with Gasteiger partial charge in [0.05, 0.1) is 102 Å². The van der Waals surface area contributed by atoms with Gasteiger partial charge in [-0.1, -0.05) is 6.92 Å². The summed E-state index contributed by atoms with van der Waals surface area (Å²) >= 11 is 0. The molecule has 8 aliphatic heterocycles. The van der Waals surface area contributed by atoms with Gasteiger partial charge in [0, 0.05) is 39.0 Å². The number of carbonyl (C=O) groups is 4. The maximum absolute atomic E-state index is 12.9. The lowest BCUT2D eigenvalue weighted by Gasteiger charge is -2.58. The highest BCUT2D eigenvalue weighted by molar-refractivity contribution is 5.74. The van der Waals surface area contributed by atoms with Gasteiger partial charge >= 0.3 is 5.97 Å². The minimum atomic E-state index is -2.77. The van der Waals surface area contributed by atoms with E-state index in [1.54, 1.807) is 0 Å². The summed E-state index contributed by atoms with van der Waals surface area (Å²) in [4.78, 5) is 49.8. The van der Waals surface area contributed by atoms with Gasteiger partial charge in [-0.2, -0.15) is 0 Å². The number of aliphatic hydroxyl groups is 22. The van der Waals surface area contributed by atoms with Gasteiger partial charge in [-0.05, 0) is 13.3 Å².